The van der Waals surface area contributed by atoms with Crippen LogP contribution in [0.25, 0.3) is 11.2 Å². The normalized spacial score (nSPS) is 12.9. The van der Waals surface area contributed by atoms with E-state index in [-0.39, 0.29) is 6.79 Å². The second kappa shape index (κ2) is 6.41. The van der Waals surface area contributed by atoms with Crippen molar-refractivity contribution in [1.29, 1.82) is 0 Å². The highest BCUT2D eigenvalue weighted by atomic mass is 79.9. The monoisotopic (exact) mass is 471 g/mol. The fourth-order valence-corrected chi connectivity index (χ4v) is 4.24. The van der Waals surface area contributed by atoms with Gasteiger partial charge in [-0.3, -0.25) is 0 Å². The lowest BCUT2D eigenvalue weighted by molar-refractivity contribution is 0.174. The van der Waals surface area contributed by atoms with Crippen molar-refractivity contribution in [2.75, 3.05) is 17.9 Å². The highest BCUT2D eigenvalue weighted by Crippen LogP contribution is 2.43. The number of hydrogen-bond acceptors (Lipinski definition) is 7. The lowest BCUT2D eigenvalue weighted by Gasteiger charge is -2.08. The molecular weight excluding hydrogens is 462 g/mol. The number of nitrogen functional groups attached to an aromatic ring is 1. The van der Waals surface area contributed by atoms with Gasteiger partial charge in [0.05, 0.1) is 0 Å². The Morgan fingerprint density at radius 1 is 1.25 bits per heavy atom. The molecule has 0 spiro atoms. The summed E-state index contributed by atoms with van der Waals surface area (Å²) in [5.74, 6) is 1.83. The first-order valence-corrected chi connectivity index (χ1v) is 9.70. The lowest BCUT2D eigenvalue weighted by Crippen LogP contribution is -2.02. The summed E-state index contributed by atoms with van der Waals surface area (Å²) in [6, 6.07) is 3.83. The Kier molecular flexibility index (Phi) is 4.27. The van der Waals surface area contributed by atoms with Crippen LogP contribution in [0, 0.1) is 0 Å². The number of ether oxygens (including phenoxy) is 2. The minimum Gasteiger partial charge on any atom is -0.454 e. The maximum atomic E-state index is 5.94. The van der Waals surface area contributed by atoms with Gasteiger partial charge in [0.25, 0.3) is 0 Å². The van der Waals surface area contributed by atoms with Crippen molar-refractivity contribution >= 4 is 60.6 Å². The average Bonchev–Trinajstić information content (AvgIpc) is 3.14. The number of nitrogens with two attached hydrogens (primary N) is 1. The van der Waals surface area contributed by atoms with Crippen molar-refractivity contribution < 1.29 is 9.47 Å². The number of alkyl halides is 1. The molecule has 0 unspecified atom stereocenters. The van der Waals surface area contributed by atoms with E-state index in [2.05, 4.69) is 46.8 Å². The molecule has 1 aromatic carbocycles. The SMILES string of the molecule is Nc1ncnc2c1nc(Sc1cc3c(cc1Br)OCO3)n2CCBr. The van der Waals surface area contributed by atoms with E-state index < -0.39 is 0 Å². The third-order valence-corrected chi connectivity index (χ3v) is 5.79. The van der Waals surface area contributed by atoms with Crippen molar-refractivity contribution in [2.45, 2.75) is 16.6 Å². The zero-order chi connectivity index (χ0) is 16.7. The molecule has 0 saturated heterocycles. The number of aryl methyl sites for hydroxylation is 1. The Labute approximate surface area is 158 Å². The number of rotatable bonds is 4. The van der Waals surface area contributed by atoms with E-state index in [4.69, 9.17) is 15.2 Å². The summed E-state index contributed by atoms with van der Waals surface area (Å²) in [4.78, 5) is 13.9. The minimum atomic E-state index is 0.240. The first kappa shape index (κ1) is 16.0. The summed E-state index contributed by atoms with van der Waals surface area (Å²) < 4.78 is 13.8. The van der Waals surface area contributed by atoms with E-state index in [1.807, 2.05) is 16.7 Å². The van der Waals surface area contributed by atoms with Crippen molar-refractivity contribution in [3.8, 4) is 11.5 Å². The Morgan fingerprint density at radius 2 is 2.04 bits per heavy atom. The fourth-order valence-electron chi connectivity index (χ4n) is 2.37. The van der Waals surface area contributed by atoms with Crippen LogP contribution >= 0.6 is 43.6 Å². The number of nitrogens with zero attached hydrogens (tertiary/aromatic N) is 4. The lowest BCUT2D eigenvalue weighted by atomic mass is 10.3. The van der Waals surface area contributed by atoms with Crippen molar-refractivity contribution in [3.05, 3.63) is 22.9 Å². The van der Waals surface area contributed by atoms with Crippen molar-refractivity contribution in [1.82, 2.24) is 19.5 Å². The third kappa shape index (κ3) is 2.72. The van der Waals surface area contributed by atoms with E-state index >= 15 is 0 Å². The fraction of sp³-hybridized carbons (Fsp3) is 0.214. The highest BCUT2D eigenvalue weighted by molar-refractivity contribution is 9.10. The molecule has 0 saturated carbocycles. The van der Waals surface area contributed by atoms with Gasteiger partial charge < -0.3 is 19.8 Å². The smallest absolute Gasteiger partial charge is 0.231 e. The van der Waals surface area contributed by atoms with E-state index in [1.165, 1.54) is 18.1 Å². The molecule has 124 valence electrons. The number of anilines is 1. The number of aromatic nitrogens is 4. The molecular formula is C14H11Br2N5O2S. The molecule has 10 heteroatoms. The molecule has 2 aromatic heterocycles. The molecule has 1 aliphatic rings. The maximum absolute atomic E-state index is 5.94. The van der Waals surface area contributed by atoms with E-state index in [0.717, 1.165) is 43.5 Å². The zero-order valence-electron chi connectivity index (χ0n) is 12.2. The summed E-state index contributed by atoms with van der Waals surface area (Å²) in [7, 11) is 0. The van der Waals surface area contributed by atoms with Crippen LogP contribution in [0.3, 0.4) is 0 Å². The summed E-state index contributed by atoms with van der Waals surface area (Å²) in [6.07, 6.45) is 1.45. The van der Waals surface area contributed by atoms with E-state index in [9.17, 15) is 0 Å². The second-order valence-electron chi connectivity index (χ2n) is 4.90. The maximum Gasteiger partial charge on any atom is 0.231 e. The van der Waals surface area contributed by atoms with Crippen LogP contribution in [0.1, 0.15) is 0 Å². The van der Waals surface area contributed by atoms with Gasteiger partial charge >= 0.3 is 0 Å². The number of benzene rings is 1. The van der Waals surface area contributed by atoms with Crippen LogP contribution in [0.5, 0.6) is 11.5 Å². The molecule has 1 aliphatic heterocycles. The van der Waals surface area contributed by atoms with Crippen LogP contribution in [0.2, 0.25) is 0 Å². The number of hydrogen-bond donors (Lipinski definition) is 1. The Bertz CT molecular complexity index is 933. The second-order valence-corrected chi connectivity index (χ2v) is 7.56. The average molecular weight is 473 g/mol. The topological polar surface area (TPSA) is 88.1 Å². The number of imidazole rings is 1. The van der Waals surface area contributed by atoms with Crippen LogP contribution < -0.4 is 15.2 Å². The standard InChI is InChI=1S/C14H11Br2N5O2S/c15-1-2-21-13-11(12(17)18-5-19-13)20-14(21)24-10-4-9-8(3-7(10)16)22-6-23-9/h3-5H,1-2,6H2,(H2,17,18,19). The molecule has 0 fully saturated rings. The Morgan fingerprint density at radius 3 is 2.83 bits per heavy atom. The van der Waals surface area contributed by atoms with Crippen LogP contribution in [-0.2, 0) is 6.54 Å². The predicted molar refractivity (Wildman–Crippen MR) is 97.9 cm³/mol. The molecule has 0 amide bonds. The summed E-state index contributed by atoms with van der Waals surface area (Å²) in [5, 5.41) is 1.56. The van der Waals surface area contributed by atoms with Gasteiger partial charge in [0.1, 0.15) is 6.33 Å². The summed E-state index contributed by atoms with van der Waals surface area (Å²) in [6.45, 7) is 0.960. The molecule has 7 nitrogen and oxygen atoms in total. The van der Waals surface area contributed by atoms with Crippen molar-refractivity contribution in [3.63, 3.8) is 0 Å². The predicted octanol–water partition coefficient (Wildman–Crippen LogP) is 3.45. The van der Waals surface area contributed by atoms with E-state index in [1.54, 1.807) is 0 Å². The highest BCUT2D eigenvalue weighted by Gasteiger charge is 2.20. The molecule has 0 radical (unpaired) electrons. The van der Waals surface area contributed by atoms with Gasteiger partial charge in [-0.25, -0.2) is 15.0 Å². The van der Waals surface area contributed by atoms with Gasteiger partial charge in [-0.05, 0) is 28.1 Å². The van der Waals surface area contributed by atoms with Crippen LogP contribution in [0.15, 0.2) is 33.0 Å². The number of fused-ring (bicyclic) bond motifs is 2. The van der Waals surface area contributed by atoms with Crippen LogP contribution in [0.4, 0.5) is 5.82 Å². The zero-order valence-corrected chi connectivity index (χ0v) is 16.2. The molecule has 3 aromatic rings. The molecule has 0 bridgehead atoms. The Balaban J connectivity index is 1.80. The first-order valence-electron chi connectivity index (χ1n) is 6.97. The van der Waals surface area contributed by atoms with Gasteiger partial charge in [0.2, 0.25) is 6.79 Å². The largest absolute Gasteiger partial charge is 0.454 e. The molecule has 24 heavy (non-hydrogen) atoms. The molecule has 0 aliphatic carbocycles. The summed E-state index contributed by atoms with van der Waals surface area (Å²) in [5.41, 5.74) is 7.27. The molecule has 0 atom stereocenters. The van der Waals surface area contributed by atoms with Gasteiger partial charge in [-0.15, -0.1) is 0 Å². The van der Waals surface area contributed by atoms with Crippen LogP contribution in [-0.4, -0.2) is 31.6 Å². The first-order chi connectivity index (χ1) is 11.7. The third-order valence-electron chi connectivity index (χ3n) is 3.46. The quantitative estimate of drug-likeness (QED) is 0.581. The number of halogens is 2. The Hall–Kier alpha value is -1.52. The van der Waals surface area contributed by atoms with E-state index in [0.29, 0.717) is 11.3 Å². The van der Waals surface area contributed by atoms with Gasteiger partial charge in [-0.2, -0.15) is 0 Å². The molecule has 2 N–H and O–H groups in total. The minimum absolute atomic E-state index is 0.240. The molecule has 4 rings (SSSR count). The van der Waals surface area contributed by atoms with Gasteiger partial charge in [0, 0.05) is 21.2 Å². The molecule has 3 heterocycles. The summed E-state index contributed by atoms with van der Waals surface area (Å²) >= 11 is 8.55. The van der Waals surface area contributed by atoms with Crippen molar-refractivity contribution in [2.24, 2.45) is 0 Å². The van der Waals surface area contributed by atoms with Gasteiger partial charge in [0.15, 0.2) is 33.6 Å². The van der Waals surface area contributed by atoms with Gasteiger partial charge in [-0.1, -0.05) is 27.7 Å².